The quantitative estimate of drug-likeness (QED) is 0.376. The highest BCUT2D eigenvalue weighted by Gasteiger charge is 2.16. The average Bonchev–Trinajstić information content (AvgIpc) is 2.58. The van der Waals surface area contributed by atoms with Crippen molar-refractivity contribution in [2.24, 2.45) is 0 Å². The standard InChI is InChI=1S/C18H19IO4/c1-13(20)23-18(11-19)15-8-9-16(17(10-15)21-2)22-12-14-6-4-3-5-7-14/h3-10,18H,11-12H2,1-2H3. The molecule has 2 aromatic carbocycles. The van der Waals surface area contributed by atoms with Crippen LogP contribution in [0.5, 0.6) is 11.5 Å². The van der Waals surface area contributed by atoms with Gasteiger partial charge in [0.2, 0.25) is 0 Å². The van der Waals surface area contributed by atoms with E-state index < -0.39 is 0 Å². The minimum atomic E-state index is -0.296. The molecule has 122 valence electrons. The molecule has 1 atom stereocenters. The van der Waals surface area contributed by atoms with Crippen molar-refractivity contribution < 1.29 is 19.0 Å². The molecule has 0 saturated carbocycles. The van der Waals surface area contributed by atoms with E-state index in [9.17, 15) is 4.79 Å². The molecule has 0 fully saturated rings. The van der Waals surface area contributed by atoms with Crippen molar-refractivity contribution in [2.75, 3.05) is 11.5 Å². The van der Waals surface area contributed by atoms with Gasteiger partial charge in [-0.15, -0.1) is 0 Å². The van der Waals surface area contributed by atoms with E-state index in [0.29, 0.717) is 22.5 Å². The lowest BCUT2D eigenvalue weighted by Gasteiger charge is -2.17. The van der Waals surface area contributed by atoms with E-state index in [0.717, 1.165) is 11.1 Å². The van der Waals surface area contributed by atoms with Crippen molar-refractivity contribution in [2.45, 2.75) is 19.6 Å². The first-order valence-corrected chi connectivity index (χ1v) is 8.74. The Bertz CT molecular complexity index is 643. The maximum Gasteiger partial charge on any atom is 0.303 e. The molecule has 0 saturated heterocycles. The van der Waals surface area contributed by atoms with Gasteiger partial charge < -0.3 is 14.2 Å². The Balaban J connectivity index is 2.14. The van der Waals surface area contributed by atoms with Crippen molar-refractivity contribution in [1.82, 2.24) is 0 Å². The molecule has 0 aliphatic rings. The van der Waals surface area contributed by atoms with E-state index in [1.165, 1.54) is 6.92 Å². The largest absolute Gasteiger partial charge is 0.493 e. The first kappa shape index (κ1) is 17.6. The van der Waals surface area contributed by atoms with Crippen LogP contribution in [0.25, 0.3) is 0 Å². The minimum Gasteiger partial charge on any atom is -0.493 e. The van der Waals surface area contributed by atoms with E-state index in [1.807, 2.05) is 48.5 Å². The zero-order valence-corrected chi connectivity index (χ0v) is 15.3. The number of hydrogen-bond donors (Lipinski definition) is 0. The fourth-order valence-corrected chi connectivity index (χ4v) is 2.82. The van der Waals surface area contributed by atoms with E-state index in [1.54, 1.807) is 7.11 Å². The van der Waals surface area contributed by atoms with Crippen LogP contribution < -0.4 is 9.47 Å². The Morgan fingerprint density at radius 2 is 1.87 bits per heavy atom. The highest BCUT2D eigenvalue weighted by molar-refractivity contribution is 14.1. The first-order valence-electron chi connectivity index (χ1n) is 7.22. The van der Waals surface area contributed by atoms with E-state index >= 15 is 0 Å². The van der Waals surface area contributed by atoms with Crippen LogP contribution in [0.1, 0.15) is 24.2 Å². The maximum absolute atomic E-state index is 11.2. The van der Waals surface area contributed by atoms with Gasteiger partial charge in [-0.25, -0.2) is 0 Å². The van der Waals surface area contributed by atoms with Crippen molar-refractivity contribution in [3.05, 3.63) is 59.7 Å². The predicted octanol–water partition coefficient (Wildman–Crippen LogP) is 4.31. The van der Waals surface area contributed by atoms with Gasteiger partial charge in [-0.3, -0.25) is 4.79 Å². The van der Waals surface area contributed by atoms with Crippen LogP contribution in [0.2, 0.25) is 0 Å². The van der Waals surface area contributed by atoms with Gasteiger partial charge in [-0.05, 0) is 23.3 Å². The molecular formula is C18H19IO4. The van der Waals surface area contributed by atoms with Crippen LogP contribution in [-0.2, 0) is 16.1 Å². The number of halogens is 1. The van der Waals surface area contributed by atoms with Crippen LogP contribution >= 0.6 is 22.6 Å². The smallest absolute Gasteiger partial charge is 0.303 e. The molecule has 2 rings (SSSR count). The Labute approximate surface area is 149 Å². The maximum atomic E-state index is 11.2. The summed E-state index contributed by atoms with van der Waals surface area (Å²) in [6, 6.07) is 15.5. The Kier molecular flexibility index (Phi) is 6.70. The third kappa shape index (κ3) is 5.13. The fraction of sp³-hybridized carbons (Fsp3) is 0.278. The summed E-state index contributed by atoms with van der Waals surface area (Å²) in [5, 5.41) is 0. The molecular weight excluding hydrogens is 407 g/mol. The van der Waals surface area contributed by atoms with Crippen LogP contribution in [0, 0.1) is 0 Å². The van der Waals surface area contributed by atoms with Gasteiger partial charge >= 0.3 is 5.97 Å². The van der Waals surface area contributed by atoms with Crippen LogP contribution in [-0.4, -0.2) is 17.5 Å². The summed E-state index contributed by atoms with van der Waals surface area (Å²) < 4.78 is 17.2. The topological polar surface area (TPSA) is 44.8 Å². The van der Waals surface area contributed by atoms with Gasteiger partial charge in [0, 0.05) is 11.4 Å². The first-order chi connectivity index (χ1) is 11.1. The minimum absolute atomic E-state index is 0.287. The summed E-state index contributed by atoms with van der Waals surface area (Å²) in [5.74, 6) is 0.991. The second kappa shape index (κ2) is 8.76. The second-order valence-electron chi connectivity index (χ2n) is 4.94. The third-order valence-corrected chi connectivity index (χ3v) is 4.04. The summed E-state index contributed by atoms with van der Waals surface area (Å²) in [7, 11) is 1.60. The Morgan fingerprint density at radius 1 is 1.13 bits per heavy atom. The highest BCUT2D eigenvalue weighted by atomic mass is 127. The normalized spacial score (nSPS) is 11.6. The number of alkyl halides is 1. The lowest BCUT2D eigenvalue weighted by molar-refractivity contribution is -0.145. The molecule has 0 amide bonds. The van der Waals surface area contributed by atoms with E-state index in [4.69, 9.17) is 14.2 Å². The number of carbonyl (C=O) groups excluding carboxylic acids is 1. The predicted molar refractivity (Wildman–Crippen MR) is 97.2 cm³/mol. The molecule has 1 unspecified atom stereocenters. The molecule has 23 heavy (non-hydrogen) atoms. The van der Waals surface area contributed by atoms with Gasteiger partial charge in [0.05, 0.1) is 7.11 Å². The Hall–Kier alpha value is -1.76. The number of carbonyl (C=O) groups is 1. The summed E-state index contributed by atoms with van der Waals surface area (Å²) in [6.45, 7) is 1.88. The fourth-order valence-electron chi connectivity index (χ4n) is 2.13. The molecule has 0 spiro atoms. The molecule has 5 heteroatoms. The third-order valence-electron chi connectivity index (χ3n) is 3.24. The molecule has 0 aromatic heterocycles. The van der Waals surface area contributed by atoms with Gasteiger partial charge in [0.1, 0.15) is 12.7 Å². The number of methoxy groups -OCH3 is 1. The zero-order chi connectivity index (χ0) is 16.7. The second-order valence-corrected chi connectivity index (χ2v) is 5.82. The average molecular weight is 426 g/mol. The summed E-state index contributed by atoms with van der Waals surface area (Å²) in [5.41, 5.74) is 1.97. The number of ether oxygens (including phenoxy) is 3. The number of esters is 1. The molecule has 4 nitrogen and oxygen atoms in total. The summed E-state index contributed by atoms with van der Waals surface area (Å²) in [6.07, 6.45) is -0.287. The SMILES string of the molecule is COc1cc(C(CI)OC(C)=O)ccc1OCc1ccccc1. The summed E-state index contributed by atoms with van der Waals surface area (Å²) >= 11 is 2.19. The van der Waals surface area contributed by atoms with Crippen molar-refractivity contribution in [3.8, 4) is 11.5 Å². The molecule has 0 heterocycles. The van der Waals surface area contributed by atoms with Gasteiger partial charge in [0.15, 0.2) is 11.5 Å². The van der Waals surface area contributed by atoms with E-state index in [2.05, 4.69) is 22.6 Å². The van der Waals surface area contributed by atoms with Crippen molar-refractivity contribution >= 4 is 28.6 Å². The molecule has 2 aromatic rings. The van der Waals surface area contributed by atoms with Gasteiger partial charge in [-0.1, -0.05) is 59.0 Å². The van der Waals surface area contributed by atoms with Crippen LogP contribution in [0.15, 0.2) is 48.5 Å². The molecule has 0 aliphatic carbocycles. The van der Waals surface area contributed by atoms with Crippen molar-refractivity contribution in [3.63, 3.8) is 0 Å². The van der Waals surface area contributed by atoms with E-state index in [-0.39, 0.29) is 12.1 Å². The van der Waals surface area contributed by atoms with Gasteiger partial charge in [-0.2, -0.15) is 0 Å². The highest BCUT2D eigenvalue weighted by Crippen LogP contribution is 2.32. The molecule has 0 N–H and O–H groups in total. The molecule has 0 bridgehead atoms. The number of rotatable bonds is 7. The van der Waals surface area contributed by atoms with Crippen molar-refractivity contribution in [1.29, 1.82) is 0 Å². The lowest BCUT2D eigenvalue weighted by Crippen LogP contribution is -2.10. The molecule has 0 aliphatic heterocycles. The zero-order valence-electron chi connectivity index (χ0n) is 13.1. The van der Waals surface area contributed by atoms with Gasteiger partial charge in [0.25, 0.3) is 0 Å². The lowest BCUT2D eigenvalue weighted by atomic mass is 10.1. The number of hydrogen-bond acceptors (Lipinski definition) is 4. The van der Waals surface area contributed by atoms with Crippen LogP contribution in [0.3, 0.4) is 0 Å². The Morgan fingerprint density at radius 3 is 2.48 bits per heavy atom. The summed E-state index contributed by atoms with van der Waals surface area (Å²) in [4.78, 5) is 11.2. The van der Waals surface area contributed by atoms with Crippen LogP contribution in [0.4, 0.5) is 0 Å². The number of benzene rings is 2. The molecule has 0 radical (unpaired) electrons. The monoisotopic (exact) mass is 426 g/mol.